The summed E-state index contributed by atoms with van der Waals surface area (Å²) in [5.41, 5.74) is 1.30. The fourth-order valence-corrected chi connectivity index (χ4v) is 3.44. The predicted octanol–water partition coefficient (Wildman–Crippen LogP) is 1.15. The van der Waals surface area contributed by atoms with Crippen molar-refractivity contribution >= 4 is 11.6 Å². The van der Waals surface area contributed by atoms with Crippen LogP contribution in [0.5, 0.6) is 0 Å². The van der Waals surface area contributed by atoms with Crippen LogP contribution in [-0.4, -0.2) is 75.9 Å². The number of morpholine rings is 1. The number of aliphatic imine (C=N–C) groups is 1. The molecule has 0 bridgehead atoms. The highest BCUT2D eigenvalue weighted by Gasteiger charge is 2.23. The van der Waals surface area contributed by atoms with Gasteiger partial charge < -0.3 is 25.2 Å². The van der Waals surface area contributed by atoms with Crippen LogP contribution in [0.1, 0.15) is 13.3 Å². The number of nitrogens with one attached hydrogen (secondary N) is 2. The molecule has 2 heterocycles. The number of benzene rings is 1. The number of nitrogens with zero attached hydrogens (tertiary/aromatic N) is 3. The van der Waals surface area contributed by atoms with Gasteiger partial charge in [0.05, 0.1) is 19.3 Å². The highest BCUT2D eigenvalue weighted by Crippen LogP contribution is 2.19. The third-order valence-electron chi connectivity index (χ3n) is 4.79. The second-order valence-electron chi connectivity index (χ2n) is 6.89. The number of guanidine groups is 1. The van der Waals surface area contributed by atoms with Gasteiger partial charge in [-0.25, -0.2) is 0 Å². The first-order valence-corrected chi connectivity index (χ1v) is 9.39. The van der Waals surface area contributed by atoms with Gasteiger partial charge in [-0.3, -0.25) is 4.99 Å². The zero-order chi connectivity index (χ0) is 17.5. The quantitative estimate of drug-likeness (QED) is 0.619. The molecular formula is C19H31N5O. The van der Waals surface area contributed by atoms with E-state index in [2.05, 4.69) is 64.7 Å². The van der Waals surface area contributed by atoms with Crippen LogP contribution in [0.3, 0.4) is 0 Å². The van der Waals surface area contributed by atoms with Gasteiger partial charge in [-0.1, -0.05) is 18.2 Å². The number of rotatable bonds is 5. The standard InChI is InChI=1S/C19H31N5O/c1-3-20-19(21-13-18-15-23(2)11-12-25-18)22-16-9-10-24(14-16)17-7-5-4-6-8-17/h4-8,16,18H,3,9-15H2,1-2H3,(H2,20,21,22). The average molecular weight is 345 g/mol. The first-order chi connectivity index (χ1) is 12.2. The lowest BCUT2D eigenvalue weighted by atomic mass is 10.2. The van der Waals surface area contributed by atoms with Crippen molar-refractivity contribution in [1.29, 1.82) is 0 Å². The van der Waals surface area contributed by atoms with E-state index in [0.717, 1.165) is 51.7 Å². The van der Waals surface area contributed by atoms with Gasteiger partial charge in [-0.15, -0.1) is 0 Å². The molecule has 0 amide bonds. The Hall–Kier alpha value is -1.79. The second kappa shape index (κ2) is 9.06. The Labute approximate surface area is 151 Å². The summed E-state index contributed by atoms with van der Waals surface area (Å²) >= 11 is 0. The van der Waals surface area contributed by atoms with Gasteiger partial charge in [0.2, 0.25) is 0 Å². The van der Waals surface area contributed by atoms with Crippen LogP contribution in [0.4, 0.5) is 5.69 Å². The van der Waals surface area contributed by atoms with E-state index in [1.807, 2.05) is 0 Å². The molecule has 0 aromatic heterocycles. The summed E-state index contributed by atoms with van der Waals surface area (Å²) in [6.07, 6.45) is 1.32. The Balaban J connectivity index is 1.52. The van der Waals surface area contributed by atoms with Crippen molar-refractivity contribution in [3.63, 3.8) is 0 Å². The molecule has 2 atom stereocenters. The topological polar surface area (TPSA) is 52.1 Å². The van der Waals surface area contributed by atoms with Crippen molar-refractivity contribution in [3.05, 3.63) is 30.3 Å². The van der Waals surface area contributed by atoms with Gasteiger partial charge >= 0.3 is 0 Å². The molecule has 2 aliphatic rings. The highest BCUT2D eigenvalue weighted by atomic mass is 16.5. The maximum absolute atomic E-state index is 5.81. The van der Waals surface area contributed by atoms with E-state index in [0.29, 0.717) is 12.6 Å². The van der Waals surface area contributed by atoms with Gasteiger partial charge in [0, 0.05) is 44.5 Å². The normalized spacial score (nSPS) is 25.2. The van der Waals surface area contributed by atoms with Crippen molar-refractivity contribution in [2.45, 2.75) is 25.5 Å². The molecule has 2 fully saturated rings. The van der Waals surface area contributed by atoms with Gasteiger partial charge in [-0.05, 0) is 32.5 Å². The minimum atomic E-state index is 0.193. The molecule has 1 aromatic carbocycles. The summed E-state index contributed by atoms with van der Waals surface area (Å²) in [6.45, 7) is 8.53. The first kappa shape index (κ1) is 18.0. The summed E-state index contributed by atoms with van der Waals surface area (Å²) < 4.78 is 5.81. The predicted molar refractivity (Wildman–Crippen MR) is 103 cm³/mol. The number of ether oxygens (including phenoxy) is 1. The maximum Gasteiger partial charge on any atom is 0.191 e. The van der Waals surface area contributed by atoms with E-state index >= 15 is 0 Å². The lowest BCUT2D eigenvalue weighted by Crippen LogP contribution is -2.46. The monoisotopic (exact) mass is 345 g/mol. The lowest BCUT2D eigenvalue weighted by Gasteiger charge is -2.29. The van der Waals surface area contributed by atoms with Crippen molar-refractivity contribution in [3.8, 4) is 0 Å². The van der Waals surface area contributed by atoms with Crippen molar-refractivity contribution in [1.82, 2.24) is 15.5 Å². The molecule has 2 saturated heterocycles. The Morgan fingerprint density at radius 1 is 1.24 bits per heavy atom. The first-order valence-electron chi connectivity index (χ1n) is 9.39. The number of likely N-dealkylation sites (N-methyl/N-ethyl adjacent to an activating group) is 1. The zero-order valence-electron chi connectivity index (χ0n) is 15.4. The zero-order valence-corrected chi connectivity index (χ0v) is 15.4. The van der Waals surface area contributed by atoms with Crippen LogP contribution < -0.4 is 15.5 Å². The van der Waals surface area contributed by atoms with E-state index in [1.165, 1.54) is 5.69 Å². The number of hydrogen-bond acceptors (Lipinski definition) is 4. The molecular weight excluding hydrogens is 314 g/mol. The molecule has 0 saturated carbocycles. The molecule has 25 heavy (non-hydrogen) atoms. The lowest BCUT2D eigenvalue weighted by molar-refractivity contribution is -0.0136. The van der Waals surface area contributed by atoms with Crippen LogP contribution >= 0.6 is 0 Å². The van der Waals surface area contributed by atoms with E-state index in [1.54, 1.807) is 0 Å². The molecule has 3 rings (SSSR count). The Kier molecular flexibility index (Phi) is 6.53. The molecule has 1 aromatic rings. The number of para-hydroxylation sites is 1. The molecule has 0 spiro atoms. The summed E-state index contributed by atoms with van der Waals surface area (Å²) in [7, 11) is 2.14. The van der Waals surface area contributed by atoms with Crippen LogP contribution in [0, 0.1) is 0 Å². The Bertz CT molecular complexity index is 550. The second-order valence-corrected chi connectivity index (χ2v) is 6.89. The van der Waals surface area contributed by atoms with Gasteiger partial charge in [0.1, 0.15) is 0 Å². The van der Waals surface area contributed by atoms with E-state index in [9.17, 15) is 0 Å². The van der Waals surface area contributed by atoms with Crippen molar-refractivity contribution in [2.24, 2.45) is 4.99 Å². The maximum atomic E-state index is 5.81. The molecule has 2 unspecified atom stereocenters. The number of anilines is 1. The minimum Gasteiger partial charge on any atom is -0.374 e. The molecule has 0 aliphatic carbocycles. The van der Waals surface area contributed by atoms with Gasteiger partial charge in [0.15, 0.2) is 5.96 Å². The highest BCUT2D eigenvalue weighted by molar-refractivity contribution is 5.80. The minimum absolute atomic E-state index is 0.193. The summed E-state index contributed by atoms with van der Waals surface area (Å²) in [5.74, 6) is 0.902. The summed E-state index contributed by atoms with van der Waals surface area (Å²) in [4.78, 5) is 9.49. The molecule has 6 nitrogen and oxygen atoms in total. The van der Waals surface area contributed by atoms with Gasteiger partial charge in [0.25, 0.3) is 0 Å². The Morgan fingerprint density at radius 2 is 2.08 bits per heavy atom. The molecule has 138 valence electrons. The molecule has 6 heteroatoms. The summed E-state index contributed by atoms with van der Waals surface area (Å²) in [5, 5.41) is 6.96. The van der Waals surface area contributed by atoms with Crippen LogP contribution in [-0.2, 0) is 4.74 Å². The Morgan fingerprint density at radius 3 is 2.84 bits per heavy atom. The largest absolute Gasteiger partial charge is 0.374 e. The van der Waals surface area contributed by atoms with Crippen LogP contribution in [0.25, 0.3) is 0 Å². The van der Waals surface area contributed by atoms with Crippen LogP contribution in [0.15, 0.2) is 35.3 Å². The molecule has 2 N–H and O–H groups in total. The number of hydrogen-bond donors (Lipinski definition) is 2. The third kappa shape index (κ3) is 5.34. The summed E-state index contributed by atoms with van der Waals surface area (Å²) in [6, 6.07) is 11.0. The molecule has 0 radical (unpaired) electrons. The van der Waals surface area contributed by atoms with E-state index in [-0.39, 0.29) is 6.10 Å². The van der Waals surface area contributed by atoms with Crippen molar-refractivity contribution < 1.29 is 4.74 Å². The van der Waals surface area contributed by atoms with Gasteiger partial charge in [-0.2, -0.15) is 0 Å². The van der Waals surface area contributed by atoms with Crippen LogP contribution in [0.2, 0.25) is 0 Å². The molecule has 2 aliphatic heterocycles. The SMILES string of the molecule is CCNC(=NCC1CN(C)CCO1)NC1CCN(c2ccccc2)C1. The fourth-order valence-electron chi connectivity index (χ4n) is 3.44. The van der Waals surface area contributed by atoms with Crippen molar-refractivity contribution in [2.75, 3.05) is 57.8 Å². The van der Waals surface area contributed by atoms with E-state index in [4.69, 9.17) is 9.73 Å². The average Bonchev–Trinajstić information content (AvgIpc) is 3.09. The smallest absolute Gasteiger partial charge is 0.191 e. The fraction of sp³-hybridized carbons (Fsp3) is 0.632. The van der Waals surface area contributed by atoms with E-state index < -0.39 is 0 Å². The third-order valence-corrected chi connectivity index (χ3v) is 4.79.